The summed E-state index contributed by atoms with van der Waals surface area (Å²) < 4.78 is 0. The number of nitrogens with zero attached hydrogens (tertiary/aromatic N) is 2. The Morgan fingerprint density at radius 2 is 1.58 bits per heavy atom. The molecule has 24 heavy (non-hydrogen) atoms. The van der Waals surface area contributed by atoms with Crippen molar-refractivity contribution < 1.29 is 4.79 Å². The van der Waals surface area contributed by atoms with Gasteiger partial charge in [0.15, 0.2) is 0 Å². The second-order valence-corrected chi connectivity index (χ2v) is 6.49. The van der Waals surface area contributed by atoms with Gasteiger partial charge in [0, 0.05) is 31.4 Å². The zero-order valence-corrected chi connectivity index (χ0v) is 14.5. The molecule has 1 fully saturated rings. The fourth-order valence-electron chi connectivity index (χ4n) is 3.39. The van der Waals surface area contributed by atoms with Gasteiger partial charge in [-0.15, -0.1) is 11.6 Å². The molecule has 3 rings (SSSR count). The van der Waals surface area contributed by atoms with E-state index in [0.29, 0.717) is 0 Å². The third-order valence-electron chi connectivity index (χ3n) is 4.59. The lowest BCUT2D eigenvalue weighted by molar-refractivity contribution is -0.117. The number of piperidine rings is 1. The van der Waals surface area contributed by atoms with Crippen LogP contribution in [-0.4, -0.2) is 35.8 Å². The van der Waals surface area contributed by atoms with Gasteiger partial charge in [-0.3, -0.25) is 9.69 Å². The number of hydrogen-bond acceptors (Lipinski definition) is 2. The Hall–Kier alpha value is -1.84. The molecule has 0 atom stereocenters. The summed E-state index contributed by atoms with van der Waals surface area (Å²) in [4.78, 5) is 16.7. The summed E-state index contributed by atoms with van der Waals surface area (Å²) in [5.74, 6) is 0.0171. The fraction of sp³-hybridized carbons (Fsp3) is 0.350. The first-order valence-corrected chi connectivity index (χ1v) is 9.00. The van der Waals surface area contributed by atoms with E-state index in [0.717, 1.165) is 38.2 Å². The standard InChI is InChI=1S/C20H23ClN2O/c21-15-20(24)23(18-9-5-2-6-10-18)19-11-13-22(14-12-19)16-17-7-3-1-4-8-17/h1-10,19H,11-16H2. The van der Waals surface area contributed by atoms with Crippen molar-refractivity contribution in [2.24, 2.45) is 0 Å². The maximum atomic E-state index is 12.4. The van der Waals surface area contributed by atoms with Gasteiger partial charge < -0.3 is 4.90 Å². The number of rotatable bonds is 5. The zero-order chi connectivity index (χ0) is 16.8. The molecule has 1 amide bonds. The maximum Gasteiger partial charge on any atom is 0.242 e. The first-order chi connectivity index (χ1) is 11.8. The van der Waals surface area contributed by atoms with Gasteiger partial charge in [0.25, 0.3) is 0 Å². The lowest BCUT2D eigenvalue weighted by Crippen LogP contribution is -2.48. The Labute approximate surface area is 148 Å². The molecule has 2 aromatic rings. The van der Waals surface area contributed by atoms with E-state index in [1.807, 2.05) is 41.3 Å². The number of benzene rings is 2. The highest BCUT2D eigenvalue weighted by molar-refractivity contribution is 6.29. The van der Waals surface area contributed by atoms with Crippen molar-refractivity contribution in [1.82, 2.24) is 4.90 Å². The number of likely N-dealkylation sites (tertiary alicyclic amines) is 1. The predicted molar refractivity (Wildman–Crippen MR) is 99.4 cm³/mol. The average molecular weight is 343 g/mol. The van der Waals surface area contributed by atoms with Crippen molar-refractivity contribution in [1.29, 1.82) is 0 Å². The summed E-state index contributed by atoms with van der Waals surface area (Å²) in [5, 5.41) is 0. The van der Waals surface area contributed by atoms with Gasteiger partial charge in [0.05, 0.1) is 0 Å². The minimum Gasteiger partial charge on any atom is -0.308 e. The predicted octanol–water partition coefficient (Wildman–Crippen LogP) is 3.92. The molecule has 4 heteroatoms. The van der Waals surface area contributed by atoms with Gasteiger partial charge in [-0.1, -0.05) is 48.5 Å². The van der Waals surface area contributed by atoms with Gasteiger partial charge in [-0.25, -0.2) is 0 Å². The van der Waals surface area contributed by atoms with Crippen molar-refractivity contribution in [2.45, 2.75) is 25.4 Å². The Balaban J connectivity index is 1.64. The van der Waals surface area contributed by atoms with Crippen molar-refractivity contribution in [3.63, 3.8) is 0 Å². The molecular weight excluding hydrogens is 320 g/mol. The third-order valence-corrected chi connectivity index (χ3v) is 4.82. The van der Waals surface area contributed by atoms with Crippen LogP contribution >= 0.6 is 11.6 Å². The molecule has 2 aromatic carbocycles. The van der Waals surface area contributed by atoms with Crippen LogP contribution in [0.4, 0.5) is 5.69 Å². The molecule has 0 unspecified atom stereocenters. The number of hydrogen-bond donors (Lipinski definition) is 0. The lowest BCUT2D eigenvalue weighted by atomic mass is 10.0. The number of halogens is 1. The van der Waals surface area contributed by atoms with Gasteiger partial charge in [0.1, 0.15) is 5.88 Å². The number of anilines is 1. The first-order valence-electron chi connectivity index (χ1n) is 8.47. The molecule has 0 aliphatic carbocycles. The Morgan fingerprint density at radius 3 is 2.17 bits per heavy atom. The van der Waals surface area contributed by atoms with Crippen LogP contribution in [0.25, 0.3) is 0 Å². The molecule has 0 saturated carbocycles. The lowest BCUT2D eigenvalue weighted by Gasteiger charge is -2.38. The highest BCUT2D eigenvalue weighted by Gasteiger charge is 2.28. The monoisotopic (exact) mass is 342 g/mol. The zero-order valence-electron chi connectivity index (χ0n) is 13.8. The fourth-order valence-corrected chi connectivity index (χ4v) is 3.52. The van der Waals surface area contributed by atoms with Crippen LogP contribution in [0.3, 0.4) is 0 Å². The molecule has 3 nitrogen and oxygen atoms in total. The molecule has 1 saturated heterocycles. The smallest absolute Gasteiger partial charge is 0.242 e. The van der Waals surface area contributed by atoms with E-state index >= 15 is 0 Å². The highest BCUT2D eigenvalue weighted by atomic mass is 35.5. The minimum atomic E-state index is -0.00984. The van der Waals surface area contributed by atoms with E-state index in [2.05, 4.69) is 29.2 Å². The molecule has 1 heterocycles. The number of alkyl halides is 1. The normalized spacial score (nSPS) is 16.0. The van der Waals surface area contributed by atoms with E-state index in [1.54, 1.807) is 0 Å². The number of amides is 1. The topological polar surface area (TPSA) is 23.6 Å². The van der Waals surface area contributed by atoms with Crippen LogP contribution in [0.2, 0.25) is 0 Å². The molecule has 0 bridgehead atoms. The van der Waals surface area contributed by atoms with Crippen LogP contribution < -0.4 is 4.90 Å². The van der Waals surface area contributed by atoms with Gasteiger partial charge >= 0.3 is 0 Å². The summed E-state index contributed by atoms with van der Waals surface area (Å²) in [6.07, 6.45) is 1.95. The van der Waals surface area contributed by atoms with E-state index in [9.17, 15) is 4.79 Å². The van der Waals surface area contributed by atoms with Crippen molar-refractivity contribution >= 4 is 23.2 Å². The van der Waals surface area contributed by atoms with E-state index in [1.165, 1.54) is 5.56 Å². The third kappa shape index (κ3) is 4.16. The maximum absolute atomic E-state index is 12.4. The number of carbonyl (C=O) groups excluding carboxylic acids is 1. The highest BCUT2D eigenvalue weighted by Crippen LogP contribution is 2.24. The molecular formula is C20H23ClN2O. The van der Waals surface area contributed by atoms with Crippen LogP contribution in [0.15, 0.2) is 60.7 Å². The summed E-state index contributed by atoms with van der Waals surface area (Å²) in [5.41, 5.74) is 2.29. The van der Waals surface area contributed by atoms with Crippen molar-refractivity contribution in [2.75, 3.05) is 23.9 Å². The molecule has 0 N–H and O–H groups in total. The summed E-state index contributed by atoms with van der Waals surface area (Å²) in [6.45, 7) is 2.97. The first kappa shape index (κ1) is 17.0. The molecule has 0 aromatic heterocycles. The summed E-state index contributed by atoms with van der Waals surface area (Å²) >= 11 is 5.85. The quantitative estimate of drug-likeness (QED) is 0.769. The SMILES string of the molecule is O=C(CCl)N(c1ccccc1)C1CCN(Cc2ccccc2)CC1. The number of para-hydroxylation sites is 1. The van der Waals surface area contributed by atoms with Gasteiger partial charge in [0.2, 0.25) is 5.91 Å². The Bertz CT molecular complexity index is 639. The van der Waals surface area contributed by atoms with E-state index in [-0.39, 0.29) is 17.8 Å². The van der Waals surface area contributed by atoms with Crippen LogP contribution in [0.5, 0.6) is 0 Å². The van der Waals surface area contributed by atoms with Gasteiger partial charge in [-0.05, 0) is 30.5 Å². The van der Waals surface area contributed by atoms with Crippen LogP contribution in [0.1, 0.15) is 18.4 Å². The van der Waals surface area contributed by atoms with E-state index in [4.69, 9.17) is 11.6 Å². The number of carbonyl (C=O) groups is 1. The van der Waals surface area contributed by atoms with Crippen LogP contribution in [-0.2, 0) is 11.3 Å². The Kier molecular flexibility index (Phi) is 5.89. The second kappa shape index (κ2) is 8.32. The summed E-state index contributed by atoms with van der Waals surface area (Å²) in [7, 11) is 0. The van der Waals surface area contributed by atoms with E-state index < -0.39 is 0 Å². The average Bonchev–Trinajstić information content (AvgIpc) is 2.65. The Morgan fingerprint density at radius 1 is 1.00 bits per heavy atom. The molecule has 1 aliphatic heterocycles. The summed E-state index contributed by atoms with van der Waals surface area (Å²) in [6, 6.07) is 20.6. The van der Waals surface area contributed by atoms with Crippen LogP contribution in [0, 0.1) is 0 Å². The minimum absolute atomic E-state index is 0.00984. The largest absolute Gasteiger partial charge is 0.308 e. The van der Waals surface area contributed by atoms with Gasteiger partial charge in [-0.2, -0.15) is 0 Å². The van der Waals surface area contributed by atoms with Crippen molar-refractivity contribution in [3.05, 3.63) is 66.2 Å². The molecule has 0 radical (unpaired) electrons. The second-order valence-electron chi connectivity index (χ2n) is 6.23. The molecule has 1 aliphatic rings. The molecule has 126 valence electrons. The molecule has 0 spiro atoms. The van der Waals surface area contributed by atoms with Crippen molar-refractivity contribution in [3.8, 4) is 0 Å².